The van der Waals surface area contributed by atoms with E-state index < -0.39 is 29.8 Å². The van der Waals surface area contributed by atoms with Crippen LogP contribution in [-0.2, 0) is 29.8 Å². The molecule has 0 saturated heterocycles. The molecule has 4 aromatic rings. The summed E-state index contributed by atoms with van der Waals surface area (Å²) in [5, 5.41) is 0. The topological polar surface area (TPSA) is 123 Å². The highest BCUT2D eigenvalue weighted by Gasteiger charge is 2.30. The van der Waals surface area contributed by atoms with E-state index in [1.807, 2.05) is 0 Å². The summed E-state index contributed by atoms with van der Waals surface area (Å²) in [6.07, 6.45) is 0. The quantitative estimate of drug-likeness (QED) is 0.265. The van der Waals surface area contributed by atoms with Gasteiger partial charge in [0.1, 0.15) is 0 Å². The summed E-state index contributed by atoms with van der Waals surface area (Å²) in [4.78, 5) is -0.785. The molecule has 0 heterocycles. The van der Waals surface area contributed by atoms with Gasteiger partial charge in [-0.25, -0.2) is 16.8 Å². The van der Waals surface area contributed by atoms with E-state index in [2.05, 4.69) is 0 Å². The summed E-state index contributed by atoms with van der Waals surface area (Å²) >= 11 is 0. The van der Waals surface area contributed by atoms with Crippen LogP contribution in [-0.4, -0.2) is 29.8 Å². The Kier molecular flexibility index (Phi) is 7.61. The molecule has 4 aromatic carbocycles. The van der Waals surface area contributed by atoms with Crippen molar-refractivity contribution in [1.29, 1.82) is 0 Å². The third-order valence-corrected chi connectivity index (χ3v) is 11.7. The van der Waals surface area contributed by atoms with Crippen LogP contribution >= 0.6 is 0 Å². The molecule has 7 nitrogen and oxygen atoms in total. The van der Waals surface area contributed by atoms with Crippen LogP contribution in [0.2, 0.25) is 0 Å². The van der Waals surface area contributed by atoms with Gasteiger partial charge in [-0.1, -0.05) is 36.4 Å². The Morgan fingerprint density at radius 2 is 0.975 bits per heavy atom. The highest BCUT2D eigenvalue weighted by atomic mass is 32.2. The molecule has 0 aromatic heterocycles. The van der Waals surface area contributed by atoms with Crippen LogP contribution in [0.1, 0.15) is 33.4 Å². The summed E-state index contributed by atoms with van der Waals surface area (Å²) in [5.74, 6) is 0. The molecular weight excluding hydrogens is 569 g/mol. The van der Waals surface area contributed by atoms with Crippen molar-refractivity contribution in [2.45, 2.75) is 66.0 Å². The first-order valence-electron chi connectivity index (χ1n) is 12.3. The fraction of sp³-hybridized carbons (Fsp3) is 0.200. The molecule has 0 fully saturated rings. The number of hydrogen-bond donors (Lipinski definition) is 1. The molecule has 0 amide bonds. The minimum absolute atomic E-state index is 0.00958. The Hall–Kier alpha value is -3.31. The predicted octanol–water partition coefficient (Wildman–Crippen LogP) is 6.12. The van der Waals surface area contributed by atoms with Crippen molar-refractivity contribution in [3.8, 4) is 11.1 Å². The molecule has 0 radical (unpaired) electrons. The van der Waals surface area contributed by atoms with E-state index in [-0.39, 0.29) is 41.2 Å². The number of hydrogen-bond acceptors (Lipinski definition) is 6. The van der Waals surface area contributed by atoms with Gasteiger partial charge in [0.2, 0.25) is 19.7 Å². The first-order chi connectivity index (χ1) is 18.4. The van der Waals surface area contributed by atoms with Crippen LogP contribution in [0.3, 0.4) is 0 Å². The van der Waals surface area contributed by atoms with Crippen molar-refractivity contribution in [3.05, 3.63) is 100 Å². The van der Waals surface area contributed by atoms with Crippen molar-refractivity contribution in [1.82, 2.24) is 0 Å². The largest absolute Gasteiger partial charge is 0.294 e. The lowest BCUT2D eigenvalue weighted by Crippen LogP contribution is -2.11. The summed E-state index contributed by atoms with van der Waals surface area (Å²) in [5.41, 5.74) is 3.38. The molecule has 10 heteroatoms. The molecule has 40 heavy (non-hydrogen) atoms. The smallest absolute Gasteiger partial charge is 0.282 e. The maximum absolute atomic E-state index is 14.3. The average molecular weight is 599 g/mol. The Labute approximate surface area is 236 Å². The van der Waals surface area contributed by atoms with E-state index in [9.17, 15) is 29.8 Å². The Balaban J connectivity index is 2.13. The standard InChI is InChI=1S/C30H30O7S3/c1-18-7-9-21(4)27(14-18)38(31,32)24-11-12-25(26-13-20(3)16-29(23(26)6)40(35,36)37)30(17-24)39(33,34)28-15-19(2)8-10-22(28)5/h7-17H,1-6H3,(H,35,36,37). The van der Waals surface area contributed by atoms with Crippen LogP contribution in [0.4, 0.5) is 0 Å². The Morgan fingerprint density at radius 3 is 1.50 bits per heavy atom. The second-order valence-electron chi connectivity index (χ2n) is 10.1. The lowest BCUT2D eigenvalue weighted by atomic mass is 9.98. The predicted molar refractivity (Wildman–Crippen MR) is 154 cm³/mol. The number of benzene rings is 4. The Morgan fingerprint density at radius 1 is 0.475 bits per heavy atom. The maximum atomic E-state index is 14.3. The fourth-order valence-electron chi connectivity index (χ4n) is 4.73. The molecule has 0 aliphatic heterocycles. The van der Waals surface area contributed by atoms with Crippen molar-refractivity contribution in [2.24, 2.45) is 0 Å². The third-order valence-electron chi connectivity index (χ3n) is 6.89. The molecule has 0 atom stereocenters. The van der Waals surface area contributed by atoms with Crippen LogP contribution in [0.25, 0.3) is 11.1 Å². The number of sulfone groups is 2. The summed E-state index contributed by atoms with van der Waals surface area (Å²) in [6, 6.07) is 16.7. The van der Waals surface area contributed by atoms with E-state index >= 15 is 0 Å². The minimum atomic E-state index is -4.62. The lowest BCUT2D eigenvalue weighted by Gasteiger charge is -2.18. The molecule has 0 bridgehead atoms. The SMILES string of the molecule is Cc1cc(-c2ccc(S(=O)(=O)c3cc(C)ccc3C)cc2S(=O)(=O)c2cc(C)ccc2C)c(C)c(S(=O)(=O)O)c1. The first-order valence-corrected chi connectivity index (χ1v) is 16.7. The highest BCUT2D eigenvalue weighted by Crippen LogP contribution is 2.39. The molecule has 0 aliphatic carbocycles. The van der Waals surface area contributed by atoms with Gasteiger partial charge in [-0.05, 0) is 111 Å². The van der Waals surface area contributed by atoms with Gasteiger partial charge in [0.05, 0.1) is 24.5 Å². The molecule has 0 unspecified atom stereocenters. The third kappa shape index (κ3) is 5.36. The molecular formula is C30H30O7S3. The average Bonchev–Trinajstić information content (AvgIpc) is 2.87. The minimum Gasteiger partial charge on any atom is -0.282 e. The van der Waals surface area contributed by atoms with Gasteiger partial charge in [0.15, 0.2) is 0 Å². The van der Waals surface area contributed by atoms with E-state index in [0.717, 1.165) is 11.6 Å². The van der Waals surface area contributed by atoms with Crippen molar-refractivity contribution in [3.63, 3.8) is 0 Å². The first kappa shape index (κ1) is 29.7. The summed E-state index contributed by atoms with van der Waals surface area (Å²) in [7, 11) is -13.1. The summed E-state index contributed by atoms with van der Waals surface area (Å²) in [6.45, 7) is 9.93. The highest BCUT2D eigenvalue weighted by molar-refractivity contribution is 7.92. The fourth-order valence-corrected chi connectivity index (χ4v) is 9.06. The van der Waals surface area contributed by atoms with Gasteiger partial charge in [0, 0.05) is 5.56 Å². The molecule has 1 N–H and O–H groups in total. The van der Waals surface area contributed by atoms with Crippen molar-refractivity contribution in [2.75, 3.05) is 0 Å². The van der Waals surface area contributed by atoms with Crippen molar-refractivity contribution >= 4 is 29.8 Å². The normalized spacial score (nSPS) is 12.5. The second-order valence-corrected chi connectivity index (χ2v) is 15.3. The van der Waals surface area contributed by atoms with E-state index in [1.54, 1.807) is 71.0 Å². The van der Waals surface area contributed by atoms with Crippen LogP contribution < -0.4 is 0 Å². The number of aryl methyl sites for hydroxylation is 5. The zero-order valence-electron chi connectivity index (χ0n) is 23.0. The van der Waals surface area contributed by atoms with Gasteiger partial charge < -0.3 is 0 Å². The van der Waals surface area contributed by atoms with Gasteiger partial charge in [0.25, 0.3) is 10.1 Å². The zero-order chi connectivity index (χ0) is 29.8. The van der Waals surface area contributed by atoms with E-state index in [1.165, 1.54) is 31.2 Å². The second kappa shape index (κ2) is 10.3. The monoisotopic (exact) mass is 598 g/mol. The van der Waals surface area contributed by atoms with Gasteiger partial charge in [-0.2, -0.15) is 8.42 Å². The van der Waals surface area contributed by atoms with E-state index in [0.29, 0.717) is 22.3 Å². The maximum Gasteiger partial charge on any atom is 0.294 e. The molecule has 0 spiro atoms. The van der Waals surface area contributed by atoms with Crippen LogP contribution in [0, 0.1) is 41.5 Å². The Bertz CT molecular complexity index is 2010. The lowest BCUT2D eigenvalue weighted by molar-refractivity contribution is 0.482. The number of rotatable bonds is 6. The molecule has 0 aliphatic rings. The zero-order valence-corrected chi connectivity index (χ0v) is 25.4. The van der Waals surface area contributed by atoms with Crippen LogP contribution in [0.5, 0.6) is 0 Å². The van der Waals surface area contributed by atoms with Crippen LogP contribution in [0.15, 0.2) is 91.2 Å². The molecule has 4 rings (SSSR count). The summed E-state index contributed by atoms with van der Waals surface area (Å²) < 4.78 is 90.2. The van der Waals surface area contributed by atoms with Gasteiger partial charge >= 0.3 is 0 Å². The van der Waals surface area contributed by atoms with E-state index in [4.69, 9.17) is 0 Å². The molecule has 0 saturated carbocycles. The van der Waals surface area contributed by atoms with Gasteiger partial charge in [-0.3, -0.25) is 4.55 Å². The van der Waals surface area contributed by atoms with Gasteiger partial charge in [-0.15, -0.1) is 0 Å². The van der Waals surface area contributed by atoms with Crippen molar-refractivity contribution < 1.29 is 29.8 Å². The molecule has 210 valence electrons.